The number of hydrogen-bond acceptors (Lipinski definition) is 10. The maximum Gasteiger partial charge on any atom is 0.301 e. The number of Topliss-reactive ketones (excluding diaryl/α,β-unsaturated/α-hetero) is 1. The molecule has 6 aromatic rings. The number of methoxy groups -OCH3 is 1. The number of phenolic OH excluding ortho intramolecular Hbond substituents is 1. The number of aromatic hydroxyl groups is 1. The molecule has 1 unspecified atom stereocenters. The topological polar surface area (TPSA) is 130 Å². The number of imidazole rings is 1. The predicted octanol–water partition coefficient (Wildman–Crippen LogP) is 7.35. The van der Waals surface area contributed by atoms with Crippen molar-refractivity contribution < 1.29 is 24.5 Å². The van der Waals surface area contributed by atoms with Crippen LogP contribution in [0.4, 0.5) is 5.13 Å². The van der Waals surface area contributed by atoms with E-state index in [1.807, 2.05) is 47.9 Å². The van der Waals surface area contributed by atoms with Gasteiger partial charge >= 0.3 is 5.91 Å². The summed E-state index contributed by atoms with van der Waals surface area (Å²) in [5.74, 6) is -1.61. The lowest BCUT2D eigenvalue weighted by Gasteiger charge is -2.23. The number of halogens is 1. The van der Waals surface area contributed by atoms with Crippen molar-refractivity contribution in [2.75, 3.05) is 12.0 Å². The smallest absolute Gasteiger partial charge is 0.301 e. The van der Waals surface area contributed by atoms with Gasteiger partial charge in [-0.25, -0.2) is 4.98 Å². The van der Waals surface area contributed by atoms with Gasteiger partial charge < -0.3 is 19.4 Å². The minimum absolute atomic E-state index is 0.114. The molecule has 1 fully saturated rings. The van der Waals surface area contributed by atoms with Gasteiger partial charge in [-0.15, -0.1) is 10.2 Å². The number of ketones is 1. The molecule has 2 N–H and O–H groups in total. The van der Waals surface area contributed by atoms with Crippen molar-refractivity contribution in [2.45, 2.75) is 30.0 Å². The number of aryl methyl sites for hydroxylation is 2. The Labute approximate surface area is 285 Å². The average molecular weight is 729 g/mol. The van der Waals surface area contributed by atoms with E-state index in [4.69, 9.17) is 4.74 Å². The molecule has 1 saturated heterocycles. The van der Waals surface area contributed by atoms with E-state index >= 15 is 0 Å². The minimum Gasteiger partial charge on any atom is -0.505 e. The van der Waals surface area contributed by atoms with Crippen LogP contribution in [-0.2, 0) is 15.3 Å². The zero-order valence-corrected chi connectivity index (χ0v) is 28.5. The van der Waals surface area contributed by atoms with E-state index in [9.17, 15) is 19.8 Å². The second-order valence-electron chi connectivity index (χ2n) is 10.9. The summed E-state index contributed by atoms with van der Waals surface area (Å²) < 4.78 is 8.09. The lowest BCUT2D eigenvalue weighted by Crippen LogP contribution is -2.29. The lowest BCUT2D eigenvalue weighted by atomic mass is 9.96. The largest absolute Gasteiger partial charge is 0.505 e. The van der Waals surface area contributed by atoms with Gasteiger partial charge in [-0.3, -0.25) is 14.5 Å². The molecule has 0 aliphatic carbocycles. The van der Waals surface area contributed by atoms with E-state index in [2.05, 4.69) is 55.4 Å². The maximum absolute atomic E-state index is 13.8. The Morgan fingerprint density at radius 1 is 1.06 bits per heavy atom. The molecule has 10 nitrogen and oxygen atoms in total. The molecule has 236 valence electrons. The molecule has 13 heteroatoms. The Morgan fingerprint density at radius 3 is 2.64 bits per heavy atom. The van der Waals surface area contributed by atoms with Gasteiger partial charge in [-0.05, 0) is 75.4 Å². The number of thioether (sulfide) groups is 1. The highest BCUT2D eigenvalue weighted by Crippen LogP contribution is 2.47. The number of aliphatic hydroxyl groups excluding tert-OH is 1. The normalized spacial score (nSPS) is 16.1. The number of aromatic nitrogens is 4. The average Bonchev–Trinajstić information content (AvgIpc) is 3.76. The summed E-state index contributed by atoms with van der Waals surface area (Å²) in [6.07, 6.45) is 1.82. The summed E-state index contributed by atoms with van der Waals surface area (Å²) in [4.78, 5) is 33.6. The number of carbonyl (C=O) groups is 2. The molecule has 1 aliphatic rings. The molecule has 1 aliphatic heterocycles. The SMILES string of the molecule is COc1cc(C2C(=C(O)c3nc4c(C)cccn4c3C)C(=O)C(=O)N2c2nnc(SCc3cccc4ccccc34)s2)cc(Br)c1O. The summed E-state index contributed by atoms with van der Waals surface area (Å²) >= 11 is 6.01. The van der Waals surface area contributed by atoms with Gasteiger partial charge in [0.15, 0.2) is 21.6 Å². The van der Waals surface area contributed by atoms with Gasteiger partial charge in [-0.1, -0.05) is 71.6 Å². The summed E-state index contributed by atoms with van der Waals surface area (Å²) in [6, 6.07) is 20.0. The third-order valence-electron chi connectivity index (χ3n) is 8.17. The van der Waals surface area contributed by atoms with Crippen LogP contribution in [0.25, 0.3) is 22.2 Å². The standard InChI is InChI=1S/C34H26BrN5O5S2/c1-17-8-7-13-39-18(2)26(36-31(17)39)29(42)25-27(21-14-23(35)28(41)24(15-21)45-3)40(32(44)30(25)43)33-37-38-34(47-33)46-16-20-11-6-10-19-9-4-5-12-22(19)20/h4-15,27,41-42H,16H2,1-3H3. The Morgan fingerprint density at radius 2 is 1.85 bits per heavy atom. The molecule has 47 heavy (non-hydrogen) atoms. The van der Waals surface area contributed by atoms with Crippen LogP contribution in [0, 0.1) is 13.8 Å². The zero-order valence-electron chi connectivity index (χ0n) is 25.3. The number of fused-ring (bicyclic) bond motifs is 2. The van der Waals surface area contributed by atoms with Gasteiger partial charge in [0.2, 0.25) is 5.13 Å². The van der Waals surface area contributed by atoms with Crippen molar-refractivity contribution in [1.29, 1.82) is 0 Å². The Bertz CT molecular complexity index is 2280. The van der Waals surface area contributed by atoms with Gasteiger partial charge in [0.05, 0.1) is 28.9 Å². The first-order chi connectivity index (χ1) is 22.7. The van der Waals surface area contributed by atoms with E-state index in [1.54, 1.807) is 13.0 Å². The molecule has 1 atom stereocenters. The molecule has 0 bridgehead atoms. The minimum atomic E-state index is -1.13. The molecule has 0 saturated carbocycles. The van der Waals surface area contributed by atoms with Gasteiger partial charge in [0, 0.05) is 11.9 Å². The molecule has 3 aromatic heterocycles. The quantitative estimate of drug-likeness (QED) is 0.0570. The number of amides is 1. The number of aliphatic hydroxyl groups is 1. The third-order valence-corrected chi connectivity index (χ3v) is 10.9. The fourth-order valence-electron chi connectivity index (χ4n) is 5.84. The van der Waals surface area contributed by atoms with Crippen molar-refractivity contribution >= 4 is 78.0 Å². The number of ether oxygens (including phenoxy) is 1. The van der Waals surface area contributed by atoms with Gasteiger partial charge in [0.1, 0.15) is 11.3 Å². The Kier molecular flexibility index (Phi) is 7.98. The summed E-state index contributed by atoms with van der Waals surface area (Å²) in [5.41, 5.74) is 3.62. The van der Waals surface area contributed by atoms with E-state index in [1.165, 1.54) is 41.2 Å². The van der Waals surface area contributed by atoms with Crippen molar-refractivity contribution in [3.63, 3.8) is 0 Å². The van der Waals surface area contributed by atoms with Gasteiger partial charge in [0.25, 0.3) is 5.78 Å². The number of benzene rings is 3. The number of pyridine rings is 1. The van der Waals surface area contributed by atoms with E-state index in [-0.39, 0.29) is 32.4 Å². The van der Waals surface area contributed by atoms with Crippen LogP contribution in [0.3, 0.4) is 0 Å². The highest BCUT2D eigenvalue weighted by Gasteiger charge is 2.49. The summed E-state index contributed by atoms with van der Waals surface area (Å²) in [6.45, 7) is 3.68. The van der Waals surface area contributed by atoms with Crippen molar-refractivity contribution in [1.82, 2.24) is 19.6 Å². The maximum atomic E-state index is 13.8. The summed E-state index contributed by atoms with van der Waals surface area (Å²) in [7, 11) is 1.40. The summed E-state index contributed by atoms with van der Waals surface area (Å²) in [5, 5.41) is 33.5. The van der Waals surface area contributed by atoms with Crippen LogP contribution in [0.1, 0.15) is 34.1 Å². The molecule has 0 radical (unpaired) electrons. The van der Waals surface area contributed by atoms with Crippen LogP contribution in [0.15, 0.2) is 87.3 Å². The van der Waals surface area contributed by atoms with Crippen LogP contribution in [0.2, 0.25) is 0 Å². The third kappa shape index (κ3) is 5.24. The fourth-order valence-corrected chi connectivity index (χ4v) is 8.17. The van der Waals surface area contributed by atoms with E-state index in [0.29, 0.717) is 27.0 Å². The van der Waals surface area contributed by atoms with Crippen LogP contribution >= 0.6 is 39.0 Å². The molecular weight excluding hydrogens is 702 g/mol. The molecule has 1 amide bonds. The first-order valence-electron chi connectivity index (χ1n) is 14.4. The number of anilines is 1. The Balaban J connectivity index is 1.33. The van der Waals surface area contributed by atoms with Gasteiger partial charge in [-0.2, -0.15) is 0 Å². The Hall–Kier alpha value is -4.72. The molecule has 4 heterocycles. The second kappa shape index (κ2) is 12.1. The lowest BCUT2D eigenvalue weighted by molar-refractivity contribution is -0.132. The monoisotopic (exact) mass is 727 g/mol. The van der Waals surface area contributed by atoms with Crippen molar-refractivity contribution in [2.24, 2.45) is 0 Å². The highest BCUT2D eigenvalue weighted by atomic mass is 79.9. The van der Waals surface area contributed by atoms with Crippen LogP contribution in [0.5, 0.6) is 11.5 Å². The number of carbonyl (C=O) groups excluding carboxylic acids is 2. The number of phenols is 1. The fraction of sp³-hybridized carbons (Fsp3) is 0.147. The molecule has 0 spiro atoms. The molecule has 7 rings (SSSR count). The second-order valence-corrected chi connectivity index (χ2v) is 14.0. The first-order valence-corrected chi connectivity index (χ1v) is 17.0. The highest BCUT2D eigenvalue weighted by molar-refractivity contribution is 9.10. The molecular formula is C34H26BrN5O5S2. The first kappa shape index (κ1) is 30.9. The molecule has 3 aromatic carbocycles. The van der Waals surface area contributed by atoms with E-state index < -0.39 is 23.5 Å². The van der Waals surface area contributed by atoms with Crippen LogP contribution in [-0.4, -0.2) is 48.6 Å². The number of hydrogen-bond donors (Lipinski definition) is 2. The number of nitrogens with zero attached hydrogens (tertiary/aromatic N) is 5. The van der Waals surface area contributed by atoms with Crippen molar-refractivity contribution in [3.8, 4) is 11.5 Å². The van der Waals surface area contributed by atoms with Crippen LogP contribution < -0.4 is 9.64 Å². The van der Waals surface area contributed by atoms with E-state index in [0.717, 1.165) is 21.9 Å². The number of rotatable bonds is 7. The van der Waals surface area contributed by atoms with Crippen molar-refractivity contribution in [3.05, 3.63) is 111 Å². The zero-order chi connectivity index (χ0) is 33.0. The predicted molar refractivity (Wildman–Crippen MR) is 185 cm³/mol.